The van der Waals surface area contributed by atoms with E-state index in [1.54, 1.807) is 12.1 Å². The third-order valence-electron chi connectivity index (χ3n) is 5.75. The smallest absolute Gasteiger partial charge is 0.154 e. The van der Waals surface area contributed by atoms with Gasteiger partial charge in [0, 0.05) is 0 Å². The highest BCUT2D eigenvalue weighted by Gasteiger charge is 2.11. The van der Waals surface area contributed by atoms with Gasteiger partial charge in [0.15, 0.2) is 6.00 Å². The second kappa shape index (κ2) is 18.8. The van der Waals surface area contributed by atoms with Gasteiger partial charge in [-0.05, 0) is 31.9 Å². The largest absolute Gasteiger partial charge is 0.744 e. The SMILES string of the molecule is CCCCCCCCCCCCCCCC[N+](C)(C)CCl.Cc1ccc(S(=O)(=O)[O-])cc1. The Balaban J connectivity index is 0.000000726. The first-order chi connectivity index (χ1) is 15.1. The zero-order valence-corrected chi connectivity index (χ0v) is 22.7. The molecular weight excluding hydrogens is 442 g/mol. The normalized spacial score (nSPS) is 11.8. The van der Waals surface area contributed by atoms with Crippen LogP contribution in [-0.2, 0) is 10.1 Å². The minimum absolute atomic E-state index is 0.178. The fourth-order valence-corrected chi connectivity index (χ4v) is 4.09. The van der Waals surface area contributed by atoms with Crippen LogP contribution in [-0.4, -0.2) is 44.1 Å². The molecule has 1 aromatic carbocycles. The molecule has 0 aliphatic rings. The van der Waals surface area contributed by atoms with E-state index in [2.05, 4.69) is 21.0 Å². The maximum absolute atomic E-state index is 10.4. The Morgan fingerprint density at radius 1 is 0.750 bits per heavy atom. The Labute approximate surface area is 204 Å². The summed E-state index contributed by atoms with van der Waals surface area (Å²) in [6.45, 7) is 5.33. The molecule has 0 heterocycles. The van der Waals surface area contributed by atoms with Crippen molar-refractivity contribution < 1.29 is 17.5 Å². The Bertz CT molecular complexity index is 660. The summed E-state index contributed by atoms with van der Waals surface area (Å²) < 4.78 is 32.1. The molecule has 4 nitrogen and oxygen atoms in total. The second-order valence-corrected chi connectivity index (χ2v) is 11.3. The van der Waals surface area contributed by atoms with E-state index in [1.807, 2.05) is 6.92 Å². The van der Waals surface area contributed by atoms with Crippen LogP contribution < -0.4 is 0 Å². The lowest BCUT2D eigenvalue weighted by atomic mass is 10.0. The van der Waals surface area contributed by atoms with E-state index in [0.29, 0.717) is 0 Å². The fraction of sp³-hybridized carbons (Fsp3) is 0.769. The van der Waals surface area contributed by atoms with Crippen molar-refractivity contribution in [1.82, 2.24) is 0 Å². The Morgan fingerprint density at radius 2 is 1.12 bits per heavy atom. The summed E-state index contributed by atoms with van der Waals surface area (Å²) in [7, 11) is 0.165. The zero-order valence-electron chi connectivity index (χ0n) is 21.1. The van der Waals surface area contributed by atoms with E-state index in [1.165, 1.54) is 109 Å². The number of halogens is 1. The van der Waals surface area contributed by atoms with E-state index in [-0.39, 0.29) is 4.90 Å². The number of rotatable bonds is 17. The number of nitrogens with zero attached hydrogens (tertiary/aromatic N) is 1. The molecule has 0 aliphatic carbocycles. The van der Waals surface area contributed by atoms with Gasteiger partial charge in [0.25, 0.3) is 0 Å². The number of unbranched alkanes of at least 4 members (excludes halogenated alkanes) is 13. The number of benzene rings is 1. The molecule has 0 bridgehead atoms. The van der Waals surface area contributed by atoms with Crippen LogP contribution in [0.1, 0.15) is 102 Å². The predicted octanol–water partition coefficient (Wildman–Crippen LogP) is 7.64. The molecule has 0 fully saturated rings. The van der Waals surface area contributed by atoms with Crippen molar-refractivity contribution in [2.24, 2.45) is 0 Å². The number of aryl methyl sites for hydroxylation is 1. The molecule has 0 atom stereocenters. The van der Waals surface area contributed by atoms with E-state index in [0.717, 1.165) is 16.1 Å². The summed E-state index contributed by atoms with van der Waals surface area (Å²) in [4.78, 5) is -0.178. The van der Waals surface area contributed by atoms with Gasteiger partial charge in [-0.25, -0.2) is 8.42 Å². The van der Waals surface area contributed by atoms with Gasteiger partial charge in [-0.1, -0.05) is 113 Å². The van der Waals surface area contributed by atoms with Gasteiger partial charge >= 0.3 is 0 Å². The van der Waals surface area contributed by atoms with Crippen molar-refractivity contribution in [3.63, 3.8) is 0 Å². The summed E-state index contributed by atoms with van der Waals surface area (Å²) in [6, 6.07) is 6.52. The first-order valence-corrected chi connectivity index (χ1v) is 14.5. The minimum Gasteiger partial charge on any atom is -0.744 e. The molecule has 0 N–H and O–H groups in total. The lowest BCUT2D eigenvalue weighted by molar-refractivity contribution is -0.879. The topological polar surface area (TPSA) is 57.2 Å². The Kier molecular flexibility index (Phi) is 18.4. The maximum Gasteiger partial charge on any atom is 0.154 e. The van der Waals surface area contributed by atoms with E-state index in [4.69, 9.17) is 11.6 Å². The lowest BCUT2D eigenvalue weighted by Crippen LogP contribution is -2.38. The van der Waals surface area contributed by atoms with Gasteiger partial charge in [-0.2, -0.15) is 0 Å². The van der Waals surface area contributed by atoms with Gasteiger partial charge in [0.2, 0.25) is 0 Å². The zero-order chi connectivity index (χ0) is 24.3. The van der Waals surface area contributed by atoms with Crippen molar-refractivity contribution >= 4 is 21.7 Å². The quantitative estimate of drug-likeness (QED) is 0.0742. The highest BCUT2D eigenvalue weighted by atomic mass is 35.5. The van der Waals surface area contributed by atoms with Crippen LogP contribution in [0.4, 0.5) is 0 Å². The van der Waals surface area contributed by atoms with Crippen molar-refractivity contribution in [3.05, 3.63) is 29.8 Å². The van der Waals surface area contributed by atoms with Crippen molar-refractivity contribution in [2.45, 2.75) is 109 Å². The fourth-order valence-electron chi connectivity index (χ4n) is 3.50. The first kappa shape index (κ1) is 31.4. The Morgan fingerprint density at radius 3 is 1.47 bits per heavy atom. The molecule has 6 heteroatoms. The maximum atomic E-state index is 10.4. The molecule has 188 valence electrons. The van der Waals surface area contributed by atoms with Gasteiger partial charge in [-0.15, -0.1) is 0 Å². The molecule has 1 rings (SSSR count). The molecule has 0 amide bonds. The highest BCUT2D eigenvalue weighted by molar-refractivity contribution is 7.85. The molecule has 0 spiro atoms. The number of hydrogen-bond donors (Lipinski definition) is 0. The molecule has 32 heavy (non-hydrogen) atoms. The van der Waals surface area contributed by atoms with Crippen LogP contribution in [0.5, 0.6) is 0 Å². The molecule has 0 aliphatic heterocycles. The monoisotopic (exact) mass is 489 g/mol. The van der Waals surface area contributed by atoms with Crippen molar-refractivity contribution in [1.29, 1.82) is 0 Å². The summed E-state index contributed by atoms with van der Waals surface area (Å²) in [5.41, 5.74) is 0.928. The molecular formula is C26H48ClNO3S. The minimum atomic E-state index is -4.27. The van der Waals surface area contributed by atoms with Crippen LogP contribution in [0.2, 0.25) is 0 Å². The average Bonchev–Trinajstić information content (AvgIpc) is 2.74. The van der Waals surface area contributed by atoms with Gasteiger partial charge in [-0.3, -0.25) is 0 Å². The van der Waals surface area contributed by atoms with Gasteiger partial charge < -0.3 is 9.04 Å². The first-order valence-electron chi connectivity index (χ1n) is 12.5. The molecule has 1 aromatic rings. The summed E-state index contributed by atoms with van der Waals surface area (Å²) in [5, 5.41) is 0. The van der Waals surface area contributed by atoms with Crippen LogP contribution in [0, 0.1) is 6.92 Å². The molecule has 0 saturated heterocycles. The van der Waals surface area contributed by atoms with Crippen LogP contribution >= 0.6 is 11.6 Å². The van der Waals surface area contributed by atoms with Crippen LogP contribution in [0.25, 0.3) is 0 Å². The number of quaternary nitrogens is 1. The van der Waals surface area contributed by atoms with Crippen LogP contribution in [0.15, 0.2) is 29.2 Å². The second-order valence-electron chi connectivity index (χ2n) is 9.64. The lowest BCUT2D eigenvalue weighted by Gasteiger charge is -2.26. The summed E-state index contributed by atoms with van der Waals surface area (Å²) >= 11 is 5.92. The van der Waals surface area contributed by atoms with Crippen molar-refractivity contribution in [3.8, 4) is 0 Å². The number of hydrogen-bond acceptors (Lipinski definition) is 3. The molecule has 0 unspecified atom stereocenters. The van der Waals surface area contributed by atoms with E-state index >= 15 is 0 Å². The number of alkyl halides is 1. The third-order valence-corrected chi connectivity index (χ3v) is 7.25. The Hall–Kier alpha value is -0.620. The van der Waals surface area contributed by atoms with E-state index in [9.17, 15) is 13.0 Å². The molecule has 0 radical (unpaired) electrons. The average molecular weight is 490 g/mol. The van der Waals surface area contributed by atoms with E-state index < -0.39 is 10.1 Å². The van der Waals surface area contributed by atoms with Crippen molar-refractivity contribution in [2.75, 3.05) is 26.6 Å². The van der Waals surface area contributed by atoms with Gasteiger partial charge in [0.05, 0.1) is 25.5 Å². The predicted molar refractivity (Wildman–Crippen MR) is 137 cm³/mol. The summed E-state index contributed by atoms with van der Waals surface area (Å²) in [6.07, 6.45) is 20.0. The van der Waals surface area contributed by atoms with Crippen LogP contribution in [0.3, 0.4) is 0 Å². The standard InChI is InChI=1S/C19H41ClN.C7H8O3S/c1-4-5-6-7-8-9-10-11-12-13-14-15-16-17-18-21(2,3)19-20;1-6-2-4-7(5-3-6)11(8,9)10/h4-19H2,1-3H3;2-5H,1H3,(H,8,9,10)/q+1;/p-1. The molecule has 0 saturated carbocycles. The summed E-state index contributed by atoms with van der Waals surface area (Å²) in [5.74, 6) is 0. The van der Waals surface area contributed by atoms with Gasteiger partial charge in [0.1, 0.15) is 10.1 Å². The highest BCUT2D eigenvalue weighted by Crippen LogP contribution is 2.13. The molecule has 0 aromatic heterocycles. The third kappa shape index (κ3) is 18.9.